The van der Waals surface area contributed by atoms with Gasteiger partial charge in [-0.25, -0.2) is 9.97 Å². The monoisotopic (exact) mass is 234 g/mol. The summed E-state index contributed by atoms with van der Waals surface area (Å²) in [6.45, 7) is 3.35. The number of aryl methyl sites for hydroxylation is 1. The van der Waals surface area contributed by atoms with Crippen LogP contribution >= 0.6 is 0 Å². The first-order valence-corrected chi connectivity index (χ1v) is 5.97. The summed E-state index contributed by atoms with van der Waals surface area (Å²) in [5.41, 5.74) is 7.13. The maximum atomic E-state index is 10.0. The van der Waals surface area contributed by atoms with Crippen molar-refractivity contribution in [2.75, 3.05) is 6.54 Å². The van der Waals surface area contributed by atoms with Gasteiger partial charge >= 0.3 is 0 Å². The number of nitrogens with two attached hydrogens (primary N) is 1. The zero-order chi connectivity index (χ0) is 12.3. The second-order valence-corrected chi connectivity index (χ2v) is 4.06. The van der Waals surface area contributed by atoms with Crippen LogP contribution in [0.15, 0.2) is 18.3 Å². The lowest BCUT2D eigenvalue weighted by Crippen LogP contribution is -2.13. The van der Waals surface area contributed by atoms with E-state index in [-0.39, 0.29) is 0 Å². The van der Waals surface area contributed by atoms with E-state index in [9.17, 15) is 5.11 Å². The summed E-state index contributed by atoms with van der Waals surface area (Å²) in [6, 6.07) is 3.76. The summed E-state index contributed by atoms with van der Waals surface area (Å²) in [5.74, 6) is 0.672. The van der Waals surface area contributed by atoms with Crippen LogP contribution in [0.1, 0.15) is 31.7 Å². The minimum Gasteiger partial charge on any atom is -0.385 e. The topological polar surface area (TPSA) is 77.0 Å². The highest BCUT2D eigenvalue weighted by atomic mass is 16.3. The standard InChI is InChI=1S/C12H18N4O/c1-2-8-16-11-9(4-3-7-14-11)15-12(16)10(17)5-6-13/h3-4,7,10,17H,2,5-6,8,13H2,1H3. The van der Waals surface area contributed by atoms with Gasteiger partial charge in [0, 0.05) is 12.7 Å². The van der Waals surface area contributed by atoms with Gasteiger partial charge in [0.2, 0.25) is 0 Å². The van der Waals surface area contributed by atoms with Crippen LogP contribution in [0, 0.1) is 0 Å². The summed E-state index contributed by atoms with van der Waals surface area (Å²) >= 11 is 0. The second-order valence-electron chi connectivity index (χ2n) is 4.06. The Balaban J connectivity index is 2.49. The number of imidazole rings is 1. The molecular formula is C12H18N4O. The lowest BCUT2D eigenvalue weighted by atomic mass is 10.2. The first-order chi connectivity index (χ1) is 8.27. The quantitative estimate of drug-likeness (QED) is 0.815. The smallest absolute Gasteiger partial charge is 0.160 e. The molecule has 5 heteroatoms. The third-order valence-electron chi connectivity index (χ3n) is 2.72. The molecule has 0 aliphatic rings. The Morgan fingerprint density at radius 3 is 3.06 bits per heavy atom. The van der Waals surface area contributed by atoms with Gasteiger partial charge in [0.1, 0.15) is 17.4 Å². The van der Waals surface area contributed by atoms with Gasteiger partial charge in [-0.1, -0.05) is 6.92 Å². The highest BCUT2D eigenvalue weighted by Crippen LogP contribution is 2.21. The number of hydrogen-bond donors (Lipinski definition) is 2. The molecule has 0 aliphatic carbocycles. The number of rotatable bonds is 5. The van der Waals surface area contributed by atoms with Crippen molar-refractivity contribution >= 4 is 11.2 Å². The Bertz CT molecular complexity index is 494. The zero-order valence-corrected chi connectivity index (χ0v) is 10.0. The minimum absolute atomic E-state index is 0.448. The highest BCUT2D eigenvalue weighted by molar-refractivity contribution is 5.71. The molecule has 0 saturated heterocycles. The van der Waals surface area contributed by atoms with Gasteiger partial charge in [-0.15, -0.1) is 0 Å². The molecule has 0 radical (unpaired) electrons. The number of fused-ring (bicyclic) bond motifs is 1. The molecule has 2 aromatic rings. The van der Waals surface area contributed by atoms with Crippen LogP contribution < -0.4 is 5.73 Å². The van der Waals surface area contributed by atoms with Crippen LogP contribution in [0.3, 0.4) is 0 Å². The Labute approximate surface area is 100 Å². The lowest BCUT2D eigenvalue weighted by molar-refractivity contribution is 0.156. The van der Waals surface area contributed by atoms with Crippen molar-refractivity contribution < 1.29 is 5.11 Å². The molecule has 17 heavy (non-hydrogen) atoms. The maximum Gasteiger partial charge on any atom is 0.160 e. The predicted octanol–water partition coefficient (Wildman–Crippen LogP) is 1.22. The zero-order valence-electron chi connectivity index (χ0n) is 10.0. The molecule has 1 unspecified atom stereocenters. The third-order valence-corrected chi connectivity index (χ3v) is 2.72. The maximum absolute atomic E-state index is 10.0. The number of aliphatic hydroxyl groups is 1. The van der Waals surface area contributed by atoms with Crippen molar-refractivity contribution in [2.24, 2.45) is 5.73 Å². The normalized spacial score (nSPS) is 13.1. The number of aromatic nitrogens is 3. The first-order valence-electron chi connectivity index (χ1n) is 5.97. The number of pyridine rings is 1. The van der Waals surface area contributed by atoms with Crippen molar-refractivity contribution in [1.29, 1.82) is 0 Å². The average molecular weight is 234 g/mol. The van der Waals surface area contributed by atoms with Crippen LogP contribution in [-0.4, -0.2) is 26.2 Å². The summed E-state index contributed by atoms with van der Waals surface area (Å²) in [4.78, 5) is 8.77. The fourth-order valence-electron chi connectivity index (χ4n) is 1.96. The first kappa shape index (κ1) is 12.0. The van der Waals surface area contributed by atoms with Crippen LogP contribution in [0.5, 0.6) is 0 Å². The molecule has 0 saturated carbocycles. The Hall–Kier alpha value is -1.46. The molecule has 2 aromatic heterocycles. The van der Waals surface area contributed by atoms with Crippen molar-refractivity contribution in [1.82, 2.24) is 14.5 Å². The lowest BCUT2D eigenvalue weighted by Gasteiger charge is -2.11. The molecule has 0 aliphatic heterocycles. The molecule has 1 atom stereocenters. The second kappa shape index (κ2) is 5.25. The average Bonchev–Trinajstić information content (AvgIpc) is 2.70. The van der Waals surface area contributed by atoms with E-state index in [0.717, 1.165) is 24.1 Å². The molecule has 0 fully saturated rings. The SMILES string of the molecule is CCCn1c(C(O)CCN)nc2cccnc21. The van der Waals surface area contributed by atoms with E-state index in [1.807, 2.05) is 16.7 Å². The number of nitrogens with zero attached hydrogens (tertiary/aromatic N) is 3. The van der Waals surface area contributed by atoms with E-state index >= 15 is 0 Å². The van der Waals surface area contributed by atoms with E-state index in [4.69, 9.17) is 5.73 Å². The van der Waals surface area contributed by atoms with Gasteiger partial charge in [-0.2, -0.15) is 0 Å². The van der Waals surface area contributed by atoms with Crippen LogP contribution in [0.2, 0.25) is 0 Å². The van der Waals surface area contributed by atoms with Gasteiger partial charge in [0.05, 0.1) is 0 Å². The van der Waals surface area contributed by atoms with E-state index in [2.05, 4.69) is 16.9 Å². The Kier molecular flexibility index (Phi) is 3.71. The van der Waals surface area contributed by atoms with E-state index in [0.29, 0.717) is 18.8 Å². The molecule has 0 spiro atoms. The predicted molar refractivity (Wildman–Crippen MR) is 66.5 cm³/mol. The third kappa shape index (κ3) is 2.30. The number of hydrogen-bond acceptors (Lipinski definition) is 4. The van der Waals surface area contributed by atoms with Crippen molar-refractivity contribution in [3.05, 3.63) is 24.2 Å². The molecule has 5 nitrogen and oxygen atoms in total. The summed E-state index contributed by atoms with van der Waals surface area (Å²) in [7, 11) is 0. The van der Waals surface area contributed by atoms with Gasteiger partial charge < -0.3 is 15.4 Å². The van der Waals surface area contributed by atoms with E-state index in [1.54, 1.807) is 6.20 Å². The summed E-state index contributed by atoms with van der Waals surface area (Å²) in [6.07, 6.45) is 2.63. The molecule has 3 N–H and O–H groups in total. The fraction of sp³-hybridized carbons (Fsp3) is 0.500. The van der Waals surface area contributed by atoms with Gasteiger partial charge in [-0.3, -0.25) is 0 Å². The van der Waals surface area contributed by atoms with Crippen molar-refractivity contribution in [2.45, 2.75) is 32.4 Å². The molecule has 92 valence electrons. The largest absolute Gasteiger partial charge is 0.385 e. The molecule has 2 heterocycles. The van der Waals surface area contributed by atoms with E-state index in [1.165, 1.54) is 0 Å². The van der Waals surface area contributed by atoms with Crippen LogP contribution in [0.25, 0.3) is 11.2 Å². The van der Waals surface area contributed by atoms with Crippen molar-refractivity contribution in [3.63, 3.8) is 0 Å². The number of aliphatic hydroxyl groups excluding tert-OH is 1. The highest BCUT2D eigenvalue weighted by Gasteiger charge is 2.17. The van der Waals surface area contributed by atoms with Crippen LogP contribution in [0.4, 0.5) is 0 Å². The minimum atomic E-state index is -0.610. The summed E-state index contributed by atoms with van der Waals surface area (Å²) in [5, 5.41) is 10.0. The summed E-state index contributed by atoms with van der Waals surface area (Å²) < 4.78 is 1.98. The van der Waals surface area contributed by atoms with Crippen molar-refractivity contribution in [3.8, 4) is 0 Å². The van der Waals surface area contributed by atoms with Gasteiger partial charge in [0.15, 0.2) is 5.65 Å². The molecule has 2 rings (SSSR count). The van der Waals surface area contributed by atoms with E-state index < -0.39 is 6.10 Å². The Morgan fingerprint density at radius 2 is 2.35 bits per heavy atom. The van der Waals surface area contributed by atoms with Crippen LogP contribution in [-0.2, 0) is 6.54 Å². The van der Waals surface area contributed by atoms with Gasteiger partial charge in [0.25, 0.3) is 0 Å². The Morgan fingerprint density at radius 1 is 1.53 bits per heavy atom. The molecule has 0 bridgehead atoms. The molecule has 0 aromatic carbocycles. The molecule has 0 amide bonds. The van der Waals surface area contributed by atoms with Gasteiger partial charge in [-0.05, 0) is 31.5 Å². The molecular weight excluding hydrogens is 216 g/mol. The fourth-order valence-corrected chi connectivity index (χ4v) is 1.96.